The molecule has 152 valence electrons. The molecule has 2 N–H and O–H groups in total. The van der Waals surface area contributed by atoms with Crippen LogP contribution in [0, 0.1) is 0 Å². The van der Waals surface area contributed by atoms with Crippen LogP contribution in [0.25, 0.3) is 0 Å². The number of halogens is 1. The van der Waals surface area contributed by atoms with E-state index in [9.17, 15) is 9.59 Å². The van der Waals surface area contributed by atoms with Gasteiger partial charge in [-0.2, -0.15) is 11.8 Å². The standard InChI is InChI=1S/C20H32BrN3O2S/c1-14(2)24(15(3)4)12-11-22-20(26)18(10-13-27-5)23-19(25)16-8-6-7-9-17(16)21/h6-9,14-15,18H,10-13H2,1-5H3,(H,22,26)(H,23,25)/t18-/m0/s1. The highest BCUT2D eigenvalue weighted by Gasteiger charge is 2.22. The van der Waals surface area contributed by atoms with E-state index in [1.54, 1.807) is 17.8 Å². The van der Waals surface area contributed by atoms with Crippen molar-refractivity contribution in [2.45, 2.75) is 52.2 Å². The van der Waals surface area contributed by atoms with Crippen molar-refractivity contribution in [2.75, 3.05) is 25.1 Å². The molecule has 0 aliphatic carbocycles. The average Bonchev–Trinajstić information content (AvgIpc) is 2.61. The molecule has 0 radical (unpaired) electrons. The van der Waals surface area contributed by atoms with Gasteiger partial charge in [-0.15, -0.1) is 0 Å². The van der Waals surface area contributed by atoms with E-state index in [4.69, 9.17) is 0 Å². The van der Waals surface area contributed by atoms with Crippen molar-refractivity contribution in [3.8, 4) is 0 Å². The highest BCUT2D eigenvalue weighted by Crippen LogP contribution is 2.16. The number of nitrogens with one attached hydrogen (secondary N) is 2. The normalized spacial score (nSPS) is 12.5. The fourth-order valence-electron chi connectivity index (χ4n) is 2.93. The van der Waals surface area contributed by atoms with E-state index in [1.165, 1.54) is 0 Å². The van der Waals surface area contributed by atoms with Crippen LogP contribution < -0.4 is 10.6 Å². The summed E-state index contributed by atoms with van der Waals surface area (Å²) >= 11 is 5.05. The van der Waals surface area contributed by atoms with Crippen LogP contribution in [0.5, 0.6) is 0 Å². The third-order valence-electron chi connectivity index (χ3n) is 4.35. The molecule has 0 aromatic heterocycles. The Balaban J connectivity index is 2.68. The zero-order valence-corrected chi connectivity index (χ0v) is 19.3. The van der Waals surface area contributed by atoms with E-state index >= 15 is 0 Å². The molecule has 0 bridgehead atoms. The second-order valence-corrected chi connectivity index (χ2v) is 8.84. The van der Waals surface area contributed by atoms with Gasteiger partial charge in [0.05, 0.1) is 5.56 Å². The Kier molecular flexibility index (Phi) is 11.0. The molecular weight excluding hydrogens is 426 g/mol. The second kappa shape index (κ2) is 12.4. The van der Waals surface area contributed by atoms with Crippen LogP contribution in [0.15, 0.2) is 28.7 Å². The van der Waals surface area contributed by atoms with Gasteiger partial charge in [0.15, 0.2) is 0 Å². The molecule has 5 nitrogen and oxygen atoms in total. The SMILES string of the molecule is CSCC[C@H](NC(=O)c1ccccc1Br)C(=O)NCCN(C(C)C)C(C)C. The molecule has 0 aliphatic heterocycles. The lowest BCUT2D eigenvalue weighted by atomic mass is 10.1. The van der Waals surface area contributed by atoms with Crippen LogP contribution in [0.2, 0.25) is 0 Å². The fourth-order valence-corrected chi connectivity index (χ4v) is 3.87. The largest absolute Gasteiger partial charge is 0.353 e. The van der Waals surface area contributed by atoms with Crippen molar-refractivity contribution in [2.24, 2.45) is 0 Å². The smallest absolute Gasteiger partial charge is 0.253 e. The van der Waals surface area contributed by atoms with E-state index in [-0.39, 0.29) is 11.8 Å². The van der Waals surface area contributed by atoms with Gasteiger partial charge >= 0.3 is 0 Å². The zero-order chi connectivity index (χ0) is 20.4. The van der Waals surface area contributed by atoms with E-state index in [1.807, 2.05) is 24.5 Å². The first-order chi connectivity index (χ1) is 12.8. The number of rotatable bonds is 11. The summed E-state index contributed by atoms with van der Waals surface area (Å²) in [4.78, 5) is 27.6. The molecule has 1 aromatic rings. The third kappa shape index (κ3) is 8.23. The minimum absolute atomic E-state index is 0.128. The molecule has 27 heavy (non-hydrogen) atoms. The quantitative estimate of drug-likeness (QED) is 0.533. The Labute approximate surface area is 176 Å². The van der Waals surface area contributed by atoms with Crippen molar-refractivity contribution in [3.05, 3.63) is 34.3 Å². The van der Waals surface area contributed by atoms with Crippen molar-refractivity contribution in [3.63, 3.8) is 0 Å². The minimum atomic E-state index is -0.538. The molecule has 0 fully saturated rings. The summed E-state index contributed by atoms with van der Waals surface area (Å²) in [6, 6.07) is 7.53. The average molecular weight is 458 g/mol. The predicted octanol–water partition coefficient (Wildman–Crippen LogP) is 3.54. The number of benzene rings is 1. The van der Waals surface area contributed by atoms with Crippen molar-refractivity contribution in [1.29, 1.82) is 0 Å². The van der Waals surface area contributed by atoms with E-state index in [0.717, 1.165) is 16.8 Å². The van der Waals surface area contributed by atoms with E-state index in [2.05, 4.69) is 59.2 Å². The van der Waals surface area contributed by atoms with Gasteiger partial charge in [-0.3, -0.25) is 14.5 Å². The number of hydrogen-bond donors (Lipinski definition) is 2. The zero-order valence-electron chi connectivity index (χ0n) is 16.9. The van der Waals surface area contributed by atoms with Crippen LogP contribution >= 0.6 is 27.7 Å². The predicted molar refractivity (Wildman–Crippen MR) is 118 cm³/mol. The maximum atomic E-state index is 12.7. The summed E-state index contributed by atoms with van der Waals surface area (Å²) in [5.74, 6) is 0.435. The van der Waals surface area contributed by atoms with Gasteiger partial charge in [-0.1, -0.05) is 12.1 Å². The number of nitrogens with zero attached hydrogens (tertiary/aromatic N) is 1. The number of hydrogen-bond acceptors (Lipinski definition) is 4. The summed E-state index contributed by atoms with van der Waals surface area (Å²) < 4.78 is 0.719. The first-order valence-corrected chi connectivity index (χ1v) is 11.5. The molecule has 0 saturated heterocycles. The van der Waals surface area contributed by atoms with E-state index < -0.39 is 6.04 Å². The van der Waals surface area contributed by atoms with Gasteiger partial charge in [0.2, 0.25) is 5.91 Å². The lowest BCUT2D eigenvalue weighted by Crippen LogP contribution is -2.49. The molecule has 0 heterocycles. The Hall–Kier alpha value is -1.05. The molecule has 0 aliphatic rings. The first-order valence-electron chi connectivity index (χ1n) is 9.35. The van der Waals surface area contributed by atoms with Crippen LogP contribution in [-0.4, -0.2) is 59.9 Å². The lowest BCUT2D eigenvalue weighted by molar-refractivity contribution is -0.123. The topological polar surface area (TPSA) is 61.4 Å². The minimum Gasteiger partial charge on any atom is -0.353 e. The summed E-state index contributed by atoms with van der Waals surface area (Å²) in [5.41, 5.74) is 0.533. The lowest BCUT2D eigenvalue weighted by Gasteiger charge is -2.30. The van der Waals surface area contributed by atoms with E-state index in [0.29, 0.717) is 30.6 Å². The van der Waals surface area contributed by atoms with Crippen LogP contribution in [0.4, 0.5) is 0 Å². The number of thioether (sulfide) groups is 1. The number of amides is 2. The Morgan fingerprint density at radius 3 is 2.33 bits per heavy atom. The van der Waals surface area contributed by atoms with Gasteiger partial charge in [0.1, 0.15) is 6.04 Å². The van der Waals surface area contributed by atoms with Crippen LogP contribution in [0.1, 0.15) is 44.5 Å². The molecule has 2 amide bonds. The molecule has 7 heteroatoms. The summed E-state index contributed by atoms with van der Waals surface area (Å²) in [5, 5.41) is 5.87. The van der Waals surface area contributed by atoms with Gasteiger partial charge in [-0.05, 0) is 74.2 Å². The second-order valence-electron chi connectivity index (χ2n) is 7.00. The third-order valence-corrected chi connectivity index (χ3v) is 5.68. The van der Waals surface area contributed by atoms with Gasteiger partial charge in [0, 0.05) is 29.6 Å². The number of carbonyl (C=O) groups is 2. The van der Waals surface area contributed by atoms with Crippen molar-refractivity contribution in [1.82, 2.24) is 15.5 Å². The Bertz CT molecular complexity index is 603. The van der Waals surface area contributed by atoms with Gasteiger partial charge in [0.25, 0.3) is 5.91 Å². The highest BCUT2D eigenvalue weighted by molar-refractivity contribution is 9.10. The number of carbonyl (C=O) groups excluding carboxylic acids is 2. The van der Waals surface area contributed by atoms with Crippen molar-refractivity contribution < 1.29 is 9.59 Å². The summed E-state index contributed by atoms with van der Waals surface area (Å²) in [6.07, 6.45) is 2.59. The van der Waals surface area contributed by atoms with Crippen molar-refractivity contribution >= 4 is 39.5 Å². The Morgan fingerprint density at radius 1 is 1.15 bits per heavy atom. The molecule has 0 unspecified atom stereocenters. The first kappa shape index (κ1) is 24.0. The maximum absolute atomic E-state index is 12.7. The molecule has 1 atom stereocenters. The molecule has 1 aromatic carbocycles. The molecule has 0 spiro atoms. The van der Waals surface area contributed by atoms with Crippen LogP contribution in [-0.2, 0) is 4.79 Å². The van der Waals surface area contributed by atoms with Crippen LogP contribution in [0.3, 0.4) is 0 Å². The monoisotopic (exact) mass is 457 g/mol. The fraction of sp³-hybridized carbons (Fsp3) is 0.600. The molecule has 1 rings (SSSR count). The van der Waals surface area contributed by atoms with Gasteiger partial charge in [-0.25, -0.2) is 0 Å². The molecular formula is C20H32BrN3O2S. The van der Waals surface area contributed by atoms with Gasteiger partial charge < -0.3 is 10.6 Å². The Morgan fingerprint density at radius 2 is 1.78 bits per heavy atom. The molecule has 0 saturated carbocycles. The maximum Gasteiger partial charge on any atom is 0.253 e. The summed E-state index contributed by atoms with van der Waals surface area (Å²) in [6.45, 7) is 9.97. The highest BCUT2D eigenvalue weighted by atomic mass is 79.9. The summed E-state index contributed by atoms with van der Waals surface area (Å²) in [7, 11) is 0.